The normalized spacial score (nSPS) is 11.6. The number of para-hydroxylation sites is 6. The van der Waals surface area contributed by atoms with Crippen molar-refractivity contribution in [3.8, 4) is 68.3 Å². The largest absolute Gasteiger partial charge is 0.309 e. The van der Waals surface area contributed by atoms with Gasteiger partial charge in [-0.05, 0) is 91.0 Å². The van der Waals surface area contributed by atoms with E-state index >= 15 is 0 Å². The molecule has 0 saturated carbocycles. The van der Waals surface area contributed by atoms with Crippen LogP contribution in [0.5, 0.6) is 0 Å². The van der Waals surface area contributed by atoms with Gasteiger partial charge in [0.05, 0.1) is 49.8 Å². The molecule has 0 spiro atoms. The monoisotopic (exact) mass is 1120 g/mol. The van der Waals surface area contributed by atoms with Crippen molar-refractivity contribution < 1.29 is 0 Å². The first-order valence-corrected chi connectivity index (χ1v) is 29.7. The second-order valence-electron chi connectivity index (χ2n) is 22.2. The summed E-state index contributed by atoms with van der Waals surface area (Å²) in [4.78, 5) is 20.1. The van der Waals surface area contributed by atoms with E-state index in [1.165, 1.54) is 70.7 Å². The summed E-state index contributed by atoms with van der Waals surface area (Å²) >= 11 is 0. The molecule has 18 aromatic rings. The molecule has 0 radical (unpaired) electrons. The molecule has 0 atom stereocenters. The fourth-order valence-corrected chi connectivity index (χ4v) is 13.2. The Hall–Kier alpha value is -12.0. The van der Waals surface area contributed by atoms with Gasteiger partial charge in [0.1, 0.15) is 5.82 Å². The van der Waals surface area contributed by atoms with Gasteiger partial charge in [-0.1, -0.05) is 224 Å². The molecule has 0 aliphatic rings. The number of fused-ring (bicyclic) bond motifs is 13. The van der Waals surface area contributed by atoms with Crippen LogP contribution < -0.4 is 0 Å². The van der Waals surface area contributed by atoms with Gasteiger partial charge in [-0.15, -0.1) is 0 Å². The molecule has 0 saturated heterocycles. The van der Waals surface area contributed by atoms with E-state index in [2.05, 4.69) is 267 Å². The van der Waals surface area contributed by atoms with Crippen molar-refractivity contribution in [1.82, 2.24) is 38.2 Å². The van der Waals surface area contributed by atoms with Crippen molar-refractivity contribution in [2.24, 2.45) is 0 Å². The Bertz CT molecular complexity index is 5610. The van der Waals surface area contributed by atoms with Crippen LogP contribution in [0.25, 0.3) is 156 Å². The first-order chi connectivity index (χ1) is 43.7. The van der Waals surface area contributed by atoms with E-state index in [9.17, 15) is 0 Å². The smallest absolute Gasteiger partial charge is 0.164 e. The second-order valence-corrected chi connectivity index (χ2v) is 22.2. The first kappa shape index (κ1) is 50.5. The van der Waals surface area contributed by atoms with Crippen LogP contribution in [0.4, 0.5) is 0 Å². The van der Waals surface area contributed by atoms with Crippen molar-refractivity contribution in [1.29, 1.82) is 0 Å². The summed E-state index contributed by atoms with van der Waals surface area (Å²) in [5, 5.41) is 9.84. The third kappa shape index (κ3) is 8.37. The molecule has 6 heterocycles. The van der Waals surface area contributed by atoms with E-state index in [1.54, 1.807) is 0 Å². The fraction of sp³-hybridized carbons (Fsp3) is 0. The average molecular weight is 1130 g/mol. The van der Waals surface area contributed by atoms with Crippen LogP contribution in [-0.4, -0.2) is 38.2 Å². The lowest BCUT2D eigenvalue weighted by atomic mass is 10.1. The molecule has 0 amide bonds. The molecule has 0 bridgehead atoms. The zero-order valence-electron chi connectivity index (χ0n) is 47.6. The first-order valence-electron chi connectivity index (χ1n) is 29.7. The highest BCUT2D eigenvalue weighted by Crippen LogP contribution is 2.44. The molecular formula is C80H52N8. The number of pyridine rings is 1. The van der Waals surface area contributed by atoms with Gasteiger partial charge < -0.3 is 13.7 Å². The van der Waals surface area contributed by atoms with Crippen LogP contribution in [0, 0.1) is 0 Å². The SMILES string of the molecule is c1ccc(-c2cccc(-n3c4ccccc4c4cc5c6ccccc6n(-c6ccccc6)c5cc43)n2)cc1.c1ccc(-c2nc(-c3ccccc3)nc(-c3cccc(-n4c5ccccc5c5ccc6c(c7ccccc7n6-c6ccccc6)c54)c3)n2)cc1. The molecule has 18 rings (SSSR count). The molecule has 0 aliphatic carbocycles. The minimum absolute atomic E-state index is 0.631. The number of hydrogen-bond donors (Lipinski definition) is 0. The van der Waals surface area contributed by atoms with E-state index in [1.807, 2.05) is 66.7 Å². The maximum absolute atomic E-state index is 5.15. The average Bonchev–Trinajstić information content (AvgIpc) is 1.62. The summed E-state index contributed by atoms with van der Waals surface area (Å²) in [6.07, 6.45) is 0. The maximum Gasteiger partial charge on any atom is 0.164 e. The Kier molecular flexibility index (Phi) is 12.0. The molecule has 88 heavy (non-hydrogen) atoms. The van der Waals surface area contributed by atoms with Gasteiger partial charge in [-0.3, -0.25) is 4.57 Å². The predicted octanol–water partition coefficient (Wildman–Crippen LogP) is 20.0. The van der Waals surface area contributed by atoms with Crippen molar-refractivity contribution in [2.75, 3.05) is 0 Å². The molecular weight excluding hydrogens is 1070 g/mol. The predicted molar refractivity (Wildman–Crippen MR) is 363 cm³/mol. The van der Waals surface area contributed by atoms with E-state index in [4.69, 9.17) is 19.9 Å². The van der Waals surface area contributed by atoms with E-state index in [-0.39, 0.29) is 0 Å². The Morgan fingerprint density at radius 1 is 0.205 bits per heavy atom. The van der Waals surface area contributed by atoms with Gasteiger partial charge in [0.25, 0.3) is 0 Å². The van der Waals surface area contributed by atoms with Crippen molar-refractivity contribution in [3.63, 3.8) is 0 Å². The summed E-state index contributed by atoms with van der Waals surface area (Å²) in [7, 11) is 0. The van der Waals surface area contributed by atoms with Crippen LogP contribution >= 0.6 is 0 Å². The standard InChI is InChI=1S/C45H29N5.C35H23N3/c1-4-15-30(16-5-1)43-46-44(31-17-6-2-7-18-31)48-45(47-43)32-19-14-22-34(29-32)50-38-25-12-10-23-35(38)36-27-28-40-41(42(36)50)37-24-11-13-26-39(37)49(40)33-20-8-3-9-21-33;1-3-12-24(13-4-1)30-18-11-21-35(36-30)38-32-20-10-8-17-27(32)29-22-28-26-16-7-9-19-31(26)37(33(28)23-34(29)38)25-14-5-2-6-15-25/h1-29H;1-23H. The molecule has 0 N–H and O–H groups in total. The summed E-state index contributed by atoms with van der Waals surface area (Å²) in [6.45, 7) is 0. The number of rotatable bonds is 8. The Balaban J connectivity index is 0.000000142. The van der Waals surface area contributed by atoms with Crippen molar-refractivity contribution in [2.45, 2.75) is 0 Å². The summed E-state index contributed by atoms with van der Waals surface area (Å²) in [5.74, 6) is 2.84. The zero-order valence-corrected chi connectivity index (χ0v) is 47.6. The minimum Gasteiger partial charge on any atom is -0.309 e. The second kappa shape index (κ2) is 21.0. The molecule has 412 valence electrons. The molecule has 8 heteroatoms. The minimum atomic E-state index is 0.631. The Labute approximate surface area is 506 Å². The van der Waals surface area contributed by atoms with Crippen LogP contribution in [0.2, 0.25) is 0 Å². The molecule has 6 aromatic heterocycles. The van der Waals surface area contributed by atoms with Gasteiger partial charge in [-0.2, -0.15) is 0 Å². The van der Waals surface area contributed by atoms with Gasteiger partial charge in [0, 0.05) is 82.4 Å². The Morgan fingerprint density at radius 2 is 0.614 bits per heavy atom. The highest BCUT2D eigenvalue weighted by Gasteiger charge is 2.23. The highest BCUT2D eigenvalue weighted by atomic mass is 15.1. The van der Waals surface area contributed by atoms with Crippen molar-refractivity contribution in [3.05, 3.63) is 315 Å². The fourth-order valence-electron chi connectivity index (χ4n) is 13.2. The number of hydrogen-bond acceptors (Lipinski definition) is 4. The molecule has 12 aromatic carbocycles. The van der Waals surface area contributed by atoms with Crippen LogP contribution in [-0.2, 0) is 0 Å². The third-order valence-electron chi connectivity index (χ3n) is 17.1. The van der Waals surface area contributed by atoms with Gasteiger partial charge in [0.2, 0.25) is 0 Å². The maximum atomic E-state index is 5.15. The lowest BCUT2D eigenvalue weighted by Gasteiger charge is -2.12. The molecule has 8 nitrogen and oxygen atoms in total. The number of aromatic nitrogens is 8. The van der Waals surface area contributed by atoms with Crippen molar-refractivity contribution >= 4 is 87.2 Å². The van der Waals surface area contributed by atoms with Gasteiger partial charge in [-0.25, -0.2) is 19.9 Å². The lowest BCUT2D eigenvalue weighted by Crippen LogP contribution is -2.01. The summed E-state index contributed by atoms with van der Waals surface area (Å²) in [6, 6.07) is 111. The number of nitrogens with zero attached hydrogens (tertiary/aromatic N) is 8. The van der Waals surface area contributed by atoms with E-state index < -0.39 is 0 Å². The Morgan fingerprint density at radius 3 is 1.19 bits per heavy atom. The van der Waals surface area contributed by atoms with Crippen LogP contribution in [0.15, 0.2) is 315 Å². The summed E-state index contributed by atoms with van der Waals surface area (Å²) < 4.78 is 9.47. The quantitative estimate of drug-likeness (QED) is 0.152. The van der Waals surface area contributed by atoms with Gasteiger partial charge >= 0.3 is 0 Å². The molecule has 0 unspecified atom stereocenters. The molecule has 0 fully saturated rings. The van der Waals surface area contributed by atoms with Crippen LogP contribution in [0.3, 0.4) is 0 Å². The van der Waals surface area contributed by atoms with Gasteiger partial charge in [0.15, 0.2) is 17.5 Å². The topological polar surface area (TPSA) is 71.3 Å². The number of benzene rings is 12. The summed E-state index contributed by atoms with van der Waals surface area (Å²) in [5.41, 5.74) is 17.6. The zero-order chi connectivity index (χ0) is 58.1. The highest BCUT2D eigenvalue weighted by molar-refractivity contribution is 6.26. The lowest BCUT2D eigenvalue weighted by molar-refractivity contribution is 1.07. The third-order valence-corrected chi connectivity index (χ3v) is 17.1. The van der Waals surface area contributed by atoms with E-state index in [0.717, 1.165) is 67.4 Å². The molecule has 0 aliphatic heterocycles. The van der Waals surface area contributed by atoms with Crippen LogP contribution in [0.1, 0.15) is 0 Å². The van der Waals surface area contributed by atoms with E-state index in [0.29, 0.717) is 17.5 Å².